The minimum atomic E-state index is -4.58. The number of carbonyl (C=O) groups excluding carboxylic acids is 2. The molecular weight excluding hydrogens is 571 g/mol. The van der Waals surface area contributed by atoms with Crippen molar-refractivity contribution in [3.63, 3.8) is 0 Å². The molecule has 2 aromatic heterocycles. The van der Waals surface area contributed by atoms with E-state index in [-0.39, 0.29) is 41.6 Å². The quantitative estimate of drug-likeness (QED) is 0.334. The SMILES string of the molecule is O=C(N[C@H]1C[C@@H](c2cccc(F)c2F)Cn2c(CC(F)(F)F)nnc21)c1ccc2c(c1)C[C@@]1(C2)C(=O)Nc2ncccc21. The third kappa shape index (κ3) is 4.54. The number of benzene rings is 2. The van der Waals surface area contributed by atoms with Crippen molar-refractivity contribution in [1.82, 2.24) is 25.1 Å². The summed E-state index contributed by atoms with van der Waals surface area (Å²) in [6.45, 7) is -0.111. The van der Waals surface area contributed by atoms with Crippen LogP contribution >= 0.6 is 0 Å². The summed E-state index contributed by atoms with van der Waals surface area (Å²) in [4.78, 5) is 30.8. The van der Waals surface area contributed by atoms with Gasteiger partial charge in [-0.15, -0.1) is 10.2 Å². The van der Waals surface area contributed by atoms with E-state index in [1.54, 1.807) is 30.5 Å². The lowest BCUT2D eigenvalue weighted by Gasteiger charge is -2.31. The van der Waals surface area contributed by atoms with E-state index in [0.29, 0.717) is 18.7 Å². The number of halogens is 5. The van der Waals surface area contributed by atoms with Crippen LogP contribution in [0.1, 0.15) is 62.6 Å². The Morgan fingerprint density at radius 1 is 1.07 bits per heavy atom. The third-order valence-electron chi connectivity index (χ3n) is 8.62. The maximum Gasteiger partial charge on any atom is 0.396 e. The van der Waals surface area contributed by atoms with Crippen LogP contribution in [0.25, 0.3) is 0 Å². The van der Waals surface area contributed by atoms with Crippen LogP contribution < -0.4 is 10.6 Å². The number of anilines is 1. The molecule has 1 spiro atoms. The first kappa shape index (κ1) is 27.2. The second kappa shape index (κ2) is 9.68. The summed E-state index contributed by atoms with van der Waals surface area (Å²) in [6, 6.07) is 11.5. The van der Waals surface area contributed by atoms with Gasteiger partial charge in [0.05, 0.1) is 11.5 Å². The van der Waals surface area contributed by atoms with Gasteiger partial charge in [-0.25, -0.2) is 13.8 Å². The fourth-order valence-electron chi connectivity index (χ4n) is 6.64. The molecule has 2 N–H and O–H groups in total. The highest BCUT2D eigenvalue weighted by Gasteiger charge is 2.51. The Labute approximate surface area is 241 Å². The lowest BCUT2D eigenvalue weighted by molar-refractivity contribution is -0.129. The Kier molecular flexibility index (Phi) is 6.12. The van der Waals surface area contributed by atoms with Crippen LogP contribution in [0.4, 0.5) is 27.8 Å². The van der Waals surface area contributed by atoms with E-state index in [0.717, 1.165) is 22.8 Å². The van der Waals surface area contributed by atoms with Crippen molar-refractivity contribution in [3.05, 3.63) is 106 Å². The Bertz CT molecular complexity index is 1800. The average molecular weight is 595 g/mol. The van der Waals surface area contributed by atoms with Gasteiger partial charge in [0.2, 0.25) is 5.91 Å². The number of hydrogen-bond donors (Lipinski definition) is 2. The number of pyridine rings is 1. The molecule has 220 valence electrons. The van der Waals surface area contributed by atoms with Gasteiger partial charge in [-0.1, -0.05) is 24.3 Å². The molecule has 0 bridgehead atoms. The minimum absolute atomic E-state index is 0.0102. The summed E-state index contributed by atoms with van der Waals surface area (Å²) in [7, 11) is 0. The van der Waals surface area contributed by atoms with E-state index in [4.69, 9.17) is 0 Å². The topological polar surface area (TPSA) is 102 Å². The number of hydrogen-bond acceptors (Lipinski definition) is 5. The summed E-state index contributed by atoms with van der Waals surface area (Å²) in [5.74, 6) is -3.36. The van der Waals surface area contributed by atoms with Gasteiger partial charge in [-0.2, -0.15) is 13.2 Å². The first-order chi connectivity index (χ1) is 20.5. The summed E-state index contributed by atoms with van der Waals surface area (Å²) in [6.07, 6.45) is -3.45. The minimum Gasteiger partial charge on any atom is -0.342 e. The van der Waals surface area contributed by atoms with Crippen LogP contribution in [-0.4, -0.2) is 37.7 Å². The predicted octanol–water partition coefficient (Wildman–Crippen LogP) is 4.70. The summed E-state index contributed by atoms with van der Waals surface area (Å²) >= 11 is 0. The van der Waals surface area contributed by atoms with Gasteiger partial charge in [0.15, 0.2) is 17.5 Å². The molecule has 0 unspecified atom stereocenters. The van der Waals surface area contributed by atoms with E-state index in [1.807, 2.05) is 6.07 Å². The van der Waals surface area contributed by atoms with Crippen LogP contribution in [0.2, 0.25) is 0 Å². The van der Waals surface area contributed by atoms with Crippen LogP contribution in [0, 0.1) is 11.6 Å². The standard InChI is InChI=1S/C30H23F5N6O2/c31-21-5-1-3-19(24(21)32)18-10-22(26-40-39-23(41(26)14-18)13-30(33,34)35)37-27(42)15-6-7-16-11-29(12-17(16)9-15)20-4-2-8-36-25(20)38-28(29)43/h1-9,18,22H,10-14H2,(H,37,42)(H,36,38,43)/t18-,22+,29-/m1/s1. The molecule has 2 aliphatic heterocycles. The number of rotatable bonds is 4. The van der Waals surface area contributed by atoms with Crippen molar-refractivity contribution in [1.29, 1.82) is 0 Å². The first-order valence-electron chi connectivity index (χ1n) is 13.6. The second-order valence-corrected chi connectivity index (χ2v) is 11.3. The third-order valence-corrected chi connectivity index (χ3v) is 8.62. The lowest BCUT2D eigenvalue weighted by Crippen LogP contribution is -2.36. The highest BCUT2D eigenvalue weighted by Crippen LogP contribution is 2.46. The largest absolute Gasteiger partial charge is 0.396 e. The van der Waals surface area contributed by atoms with Gasteiger partial charge in [-0.3, -0.25) is 9.59 Å². The van der Waals surface area contributed by atoms with E-state index in [9.17, 15) is 31.5 Å². The highest BCUT2D eigenvalue weighted by atomic mass is 19.4. The molecule has 3 atom stereocenters. The van der Waals surface area contributed by atoms with Gasteiger partial charge < -0.3 is 15.2 Å². The van der Waals surface area contributed by atoms with Gasteiger partial charge in [0.1, 0.15) is 18.1 Å². The van der Waals surface area contributed by atoms with E-state index >= 15 is 0 Å². The van der Waals surface area contributed by atoms with Crippen molar-refractivity contribution in [2.75, 3.05) is 5.32 Å². The van der Waals surface area contributed by atoms with Crippen molar-refractivity contribution < 1.29 is 31.5 Å². The van der Waals surface area contributed by atoms with Crippen molar-refractivity contribution >= 4 is 17.6 Å². The highest BCUT2D eigenvalue weighted by molar-refractivity contribution is 6.06. The molecule has 0 fully saturated rings. The number of aromatic nitrogens is 4. The zero-order valence-electron chi connectivity index (χ0n) is 22.4. The number of carbonyl (C=O) groups is 2. The smallest absolute Gasteiger partial charge is 0.342 e. The van der Waals surface area contributed by atoms with Gasteiger partial charge in [-0.05, 0) is 60.2 Å². The molecule has 0 radical (unpaired) electrons. The average Bonchev–Trinajstić information content (AvgIpc) is 3.63. The predicted molar refractivity (Wildman–Crippen MR) is 142 cm³/mol. The number of nitrogens with one attached hydrogen (secondary N) is 2. The molecule has 2 aromatic carbocycles. The summed E-state index contributed by atoms with van der Waals surface area (Å²) in [5, 5.41) is 13.3. The molecule has 7 rings (SSSR count). The Balaban J connectivity index is 1.18. The Morgan fingerprint density at radius 2 is 1.88 bits per heavy atom. The van der Waals surface area contributed by atoms with E-state index in [1.165, 1.54) is 16.7 Å². The molecular formula is C30H23F5N6O2. The Hall–Kier alpha value is -4.68. The van der Waals surface area contributed by atoms with Crippen LogP contribution in [-0.2, 0) is 36.0 Å². The zero-order chi connectivity index (χ0) is 30.1. The van der Waals surface area contributed by atoms with Crippen LogP contribution in [0.3, 0.4) is 0 Å². The molecule has 0 saturated heterocycles. The maximum atomic E-state index is 14.8. The fourth-order valence-corrected chi connectivity index (χ4v) is 6.64. The van der Waals surface area contributed by atoms with Crippen molar-refractivity contribution in [2.24, 2.45) is 0 Å². The first-order valence-corrected chi connectivity index (χ1v) is 13.6. The van der Waals surface area contributed by atoms with Crippen LogP contribution in [0.5, 0.6) is 0 Å². The molecule has 13 heteroatoms. The number of fused-ring (bicyclic) bond motifs is 4. The summed E-state index contributed by atoms with van der Waals surface area (Å²) in [5.41, 5.74) is 1.98. The fraction of sp³-hybridized carbons (Fsp3) is 0.300. The summed E-state index contributed by atoms with van der Waals surface area (Å²) < 4.78 is 69.9. The van der Waals surface area contributed by atoms with E-state index < -0.39 is 47.5 Å². The molecule has 4 heterocycles. The monoisotopic (exact) mass is 594 g/mol. The second-order valence-electron chi connectivity index (χ2n) is 11.3. The van der Waals surface area contributed by atoms with Gasteiger partial charge >= 0.3 is 6.18 Å². The van der Waals surface area contributed by atoms with Gasteiger partial charge in [0, 0.05) is 29.8 Å². The molecule has 0 saturated carbocycles. The molecule has 2 amide bonds. The van der Waals surface area contributed by atoms with Crippen molar-refractivity contribution in [3.8, 4) is 0 Å². The molecule has 3 aliphatic rings. The van der Waals surface area contributed by atoms with Crippen molar-refractivity contribution in [2.45, 2.75) is 55.8 Å². The number of alkyl halides is 3. The number of amides is 2. The lowest BCUT2D eigenvalue weighted by atomic mass is 9.79. The normalized spacial score (nSPS) is 22.2. The molecule has 1 aliphatic carbocycles. The Morgan fingerprint density at radius 3 is 2.70 bits per heavy atom. The van der Waals surface area contributed by atoms with E-state index in [2.05, 4.69) is 25.8 Å². The van der Waals surface area contributed by atoms with Crippen LogP contribution in [0.15, 0.2) is 54.7 Å². The zero-order valence-corrected chi connectivity index (χ0v) is 22.4. The molecule has 43 heavy (non-hydrogen) atoms. The van der Waals surface area contributed by atoms with Gasteiger partial charge in [0.25, 0.3) is 5.91 Å². The number of nitrogens with zero attached hydrogens (tertiary/aromatic N) is 4. The molecule has 8 nitrogen and oxygen atoms in total. The maximum absolute atomic E-state index is 14.8. The molecule has 4 aromatic rings.